The van der Waals surface area contributed by atoms with Crippen LogP contribution in [-0.4, -0.2) is 29.2 Å². The lowest BCUT2D eigenvalue weighted by Gasteiger charge is -2.15. The summed E-state index contributed by atoms with van der Waals surface area (Å²) < 4.78 is 12.5. The van der Waals surface area contributed by atoms with Gasteiger partial charge in [0, 0.05) is 6.54 Å². The van der Waals surface area contributed by atoms with Gasteiger partial charge in [0.05, 0.1) is 16.0 Å². The van der Waals surface area contributed by atoms with Crippen LogP contribution in [0.3, 0.4) is 0 Å². The maximum atomic E-state index is 12.3. The van der Waals surface area contributed by atoms with E-state index in [1.54, 1.807) is 13.0 Å². The minimum atomic E-state index is -0.267. The van der Waals surface area contributed by atoms with Crippen molar-refractivity contribution in [2.24, 2.45) is 0 Å². The van der Waals surface area contributed by atoms with Crippen LogP contribution < -0.4 is 9.47 Å². The Balaban J connectivity index is 1.86. The summed E-state index contributed by atoms with van der Waals surface area (Å²) in [5.74, 6) is 0.914. The number of imide groups is 1. The first kappa shape index (κ1) is 21.5. The Morgan fingerprint density at radius 3 is 2.45 bits per heavy atom. The van der Waals surface area contributed by atoms with Gasteiger partial charge in [-0.15, -0.1) is 0 Å². The van der Waals surface area contributed by atoms with Crippen molar-refractivity contribution in [1.29, 1.82) is 0 Å². The predicted molar refractivity (Wildman–Crippen MR) is 119 cm³/mol. The number of hydrogen-bond donors (Lipinski definition) is 0. The molecule has 3 rings (SSSR count). The quantitative estimate of drug-likeness (QED) is 0.474. The van der Waals surface area contributed by atoms with Crippen LogP contribution in [0.2, 0.25) is 0 Å². The second-order valence-electron chi connectivity index (χ2n) is 6.46. The van der Waals surface area contributed by atoms with Crippen LogP contribution in [0.15, 0.2) is 45.8 Å². The van der Waals surface area contributed by atoms with E-state index in [1.165, 1.54) is 10.5 Å². The second-order valence-corrected chi connectivity index (χ2v) is 8.31. The van der Waals surface area contributed by atoms with Crippen LogP contribution in [-0.2, 0) is 11.4 Å². The van der Waals surface area contributed by atoms with E-state index in [2.05, 4.69) is 15.9 Å². The van der Waals surface area contributed by atoms with Gasteiger partial charge in [-0.25, -0.2) is 0 Å². The van der Waals surface area contributed by atoms with Gasteiger partial charge in [-0.1, -0.05) is 29.8 Å². The molecule has 2 aromatic carbocycles. The van der Waals surface area contributed by atoms with Gasteiger partial charge < -0.3 is 9.47 Å². The van der Waals surface area contributed by atoms with Crippen LogP contribution in [0.1, 0.15) is 30.5 Å². The number of carbonyl (C=O) groups is 2. The van der Waals surface area contributed by atoms with Gasteiger partial charge in [0.1, 0.15) is 6.61 Å². The Labute approximate surface area is 183 Å². The second kappa shape index (κ2) is 9.50. The highest BCUT2D eigenvalue weighted by Gasteiger charge is 2.33. The predicted octanol–water partition coefficient (Wildman–Crippen LogP) is 5.79. The van der Waals surface area contributed by atoms with Gasteiger partial charge in [-0.3, -0.25) is 14.5 Å². The zero-order valence-corrected chi connectivity index (χ0v) is 18.9. The third-order valence-corrected chi connectivity index (χ3v) is 5.82. The average molecular weight is 476 g/mol. The zero-order chi connectivity index (χ0) is 21.0. The van der Waals surface area contributed by atoms with E-state index >= 15 is 0 Å². The molecule has 0 aromatic heterocycles. The van der Waals surface area contributed by atoms with Gasteiger partial charge in [0.2, 0.25) is 0 Å². The average Bonchev–Trinajstić information content (AvgIpc) is 2.95. The molecule has 1 saturated heterocycles. The monoisotopic (exact) mass is 475 g/mol. The van der Waals surface area contributed by atoms with E-state index in [0.29, 0.717) is 36.2 Å². The molecule has 0 aliphatic carbocycles. The molecule has 29 heavy (non-hydrogen) atoms. The van der Waals surface area contributed by atoms with E-state index in [4.69, 9.17) is 9.47 Å². The summed E-state index contributed by atoms with van der Waals surface area (Å²) in [6, 6.07) is 11.8. The molecule has 2 amide bonds. The summed E-state index contributed by atoms with van der Waals surface area (Å²) in [5.41, 5.74) is 3.01. The molecule has 0 saturated carbocycles. The van der Waals surface area contributed by atoms with E-state index in [1.807, 2.05) is 50.2 Å². The molecule has 0 spiro atoms. The number of aryl methyl sites for hydroxylation is 1. The molecule has 2 aromatic rings. The van der Waals surface area contributed by atoms with Crippen molar-refractivity contribution in [2.75, 3.05) is 13.2 Å². The molecule has 152 valence electrons. The highest BCUT2D eigenvalue weighted by atomic mass is 79.9. The van der Waals surface area contributed by atoms with E-state index in [-0.39, 0.29) is 11.1 Å². The highest BCUT2D eigenvalue weighted by molar-refractivity contribution is 9.10. The van der Waals surface area contributed by atoms with Gasteiger partial charge in [-0.05, 0) is 77.8 Å². The number of amides is 2. The number of likely N-dealkylation sites (N-methyl/N-ethyl adjacent to an activating group) is 1. The summed E-state index contributed by atoms with van der Waals surface area (Å²) in [6.07, 6.45) is 1.71. The van der Waals surface area contributed by atoms with Crippen LogP contribution in [0.4, 0.5) is 4.79 Å². The minimum absolute atomic E-state index is 0.245. The molecule has 5 nitrogen and oxygen atoms in total. The third kappa shape index (κ3) is 5.03. The topological polar surface area (TPSA) is 55.8 Å². The maximum Gasteiger partial charge on any atom is 0.293 e. The maximum absolute atomic E-state index is 12.3. The molecule has 7 heteroatoms. The molecular formula is C22H22BrNO4S. The molecule has 0 N–H and O–H groups in total. The molecule has 1 aliphatic heterocycles. The number of halogens is 1. The number of thioether (sulfide) groups is 1. The number of ether oxygens (including phenoxy) is 2. The number of hydrogen-bond acceptors (Lipinski definition) is 5. The van der Waals surface area contributed by atoms with Gasteiger partial charge in [0.25, 0.3) is 11.1 Å². The number of carbonyl (C=O) groups excluding carboxylic acids is 2. The van der Waals surface area contributed by atoms with Crippen molar-refractivity contribution in [3.8, 4) is 11.5 Å². The fourth-order valence-electron chi connectivity index (χ4n) is 2.84. The van der Waals surface area contributed by atoms with Gasteiger partial charge in [-0.2, -0.15) is 0 Å². The van der Waals surface area contributed by atoms with Crippen molar-refractivity contribution in [2.45, 2.75) is 27.4 Å². The lowest BCUT2D eigenvalue weighted by Crippen LogP contribution is -2.27. The third-order valence-electron chi connectivity index (χ3n) is 4.32. The molecule has 0 bridgehead atoms. The Bertz CT molecular complexity index is 956. The highest BCUT2D eigenvalue weighted by Crippen LogP contribution is 2.39. The van der Waals surface area contributed by atoms with Gasteiger partial charge in [0.15, 0.2) is 11.5 Å². The summed E-state index contributed by atoms with van der Waals surface area (Å²) in [6.45, 7) is 6.97. The molecule has 0 unspecified atom stereocenters. The standard InChI is InChI=1S/C22H22BrNO4S/c1-4-24-21(25)19(29-22(24)26)12-16-10-17(23)20(18(11-16)27-5-2)28-13-15-8-6-14(3)7-9-15/h6-12H,4-5,13H2,1-3H3/b19-12+. The molecule has 1 aliphatic rings. The Morgan fingerprint density at radius 2 is 1.83 bits per heavy atom. The Hall–Kier alpha value is -2.25. The van der Waals surface area contributed by atoms with E-state index < -0.39 is 0 Å². The van der Waals surface area contributed by atoms with Crippen molar-refractivity contribution in [3.63, 3.8) is 0 Å². The van der Waals surface area contributed by atoms with Crippen LogP contribution in [0.5, 0.6) is 11.5 Å². The van der Waals surface area contributed by atoms with Crippen LogP contribution in [0, 0.1) is 6.92 Å². The summed E-state index contributed by atoms with van der Waals surface area (Å²) in [4.78, 5) is 25.9. The molecule has 1 fully saturated rings. The van der Waals surface area contributed by atoms with Crippen molar-refractivity contribution < 1.29 is 19.1 Å². The molecule has 1 heterocycles. The van der Waals surface area contributed by atoms with Crippen molar-refractivity contribution in [1.82, 2.24) is 4.90 Å². The summed E-state index contributed by atoms with van der Waals surface area (Å²) >= 11 is 4.50. The largest absolute Gasteiger partial charge is 0.490 e. The zero-order valence-electron chi connectivity index (χ0n) is 16.5. The molecular weight excluding hydrogens is 454 g/mol. The van der Waals surface area contributed by atoms with Crippen molar-refractivity contribution in [3.05, 3.63) is 62.5 Å². The number of rotatable bonds is 7. The first-order valence-electron chi connectivity index (χ1n) is 9.33. The van der Waals surface area contributed by atoms with Crippen molar-refractivity contribution >= 4 is 44.9 Å². The summed E-state index contributed by atoms with van der Waals surface area (Å²) in [5, 5.41) is -0.245. The lowest BCUT2D eigenvalue weighted by molar-refractivity contribution is -0.122. The SMILES string of the molecule is CCOc1cc(/C=C2/SC(=O)N(CC)C2=O)cc(Br)c1OCc1ccc(C)cc1. The minimum Gasteiger partial charge on any atom is -0.490 e. The van der Waals surface area contributed by atoms with Crippen LogP contribution >= 0.6 is 27.7 Å². The van der Waals surface area contributed by atoms with E-state index in [0.717, 1.165) is 27.4 Å². The smallest absolute Gasteiger partial charge is 0.293 e. The number of nitrogens with zero attached hydrogens (tertiary/aromatic N) is 1. The number of benzene rings is 2. The normalized spacial score (nSPS) is 15.3. The molecule has 0 atom stereocenters. The fourth-order valence-corrected chi connectivity index (χ4v) is 4.32. The lowest BCUT2D eigenvalue weighted by atomic mass is 10.1. The Kier molecular flexibility index (Phi) is 7.03. The van der Waals surface area contributed by atoms with E-state index in [9.17, 15) is 9.59 Å². The Morgan fingerprint density at radius 1 is 1.10 bits per heavy atom. The first-order valence-corrected chi connectivity index (χ1v) is 10.9. The first-order chi connectivity index (χ1) is 13.9. The van der Waals surface area contributed by atoms with Crippen LogP contribution in [0.25, 0.3) is 6.08 Å². The fraction of sp³-hybridized carbons (Fsp3) is 0.273. The summed E-state index contributed by atoms with van der Waals surface area (Å²) in [7, 11) is 0. The van der Waals surface area contributed by atoms with Gasteiger partial charge >= 0.3 is 0 Å². The molecule has 0 radical (unpaired) electrons.